The number of rotatable bonds is 5. The third kappa shape index (κ3) is 4.31. The van der Waals surface area contributed by atoms with Gasteiger partial charge in [-0.1, -0.05) is 24.3 Å². The first-order chi connectivity index (χ1) is 12.2. The van der Waals surface area contributed by atoms with Crippen LogP contribution >= 0.6 is 0 Å². The van der Waals surface area contributed by atoms with E-state index in [4.69, 9.17) is 4.74 Å². The minimum absolute atomic E-state index is 0.0522. The van der Waals surface area contributed by atoms with Gasteiger partial charge in [0.05, 0.1) is 33.3 Å². The molecule has 0 saturated carbocycles. The van der Waals surface area contributed by atoms with E-state index >= 15 is 0 Å². The molecule has 0 aliphatic carbocycles. The minimum Gasteiger partial charge on any atom is -0.497 e. The van der Waals surface area contributed by atoms with Gasteiger partial charge in [0.25, 0.3) is 5.91 Å². The Morgan fingerprint density at radius 1 is 1.12 bits per heavy atom. The van der Waals surface area contributed by atoms with Crippen molar-refractivity contribution < 1.29 is 14.4 Å². The molecule has 25 heavy (non-hydrogen) atoms. The average molecular weight is 340 g/mol. The Morgan fingerprint density at radius 3 is 2.52 bits per heavy atom. The average Bonchev–Trinajstić information content (AvgIpc) is 2.68. The fourth-order valence-electron chi connectivity index (χ4n) is 3.26. The fourth-order valence-corrected chi connectivity index (χ4v) is 3.26. The Morgan fingerprint density at radius 2 is 1.84 bits per heavy atom. The second-order valence-electron chi connectivity index (χ2n) is 6.42. The van der Waals surface area contributed by atoms with Gasteiger partial charge in [-0.05, 0) is 31.2 Å². The molecule has 3 rings (SSSR count). The number of carbonyl (C=O) groups excluding carboxylic acids is 1. The number of carbonyl (C=O) groups is 1. The van der Waals surface area contributed by atoms with Crippen molar-refractivity contribution in [1.82, 2.24) is 0 Å². The lowest BCUT2D eigenvalue weighted by Crippen LogP contribution is -3.19. The summed E-state index contributed by atoms with van der Waals surface area (Å²) in [6.45, 7) is 5.86. The fraction of sp³-hybridized carbons (Fsp3) is 0.350. The van der Waals surface area contributed by atoms with Crippen LogP contribution in [0.25, 0.3) is 0 Å². The Bertz CT molecular complexity index is 697. The summed E-state index contributed by atoms with van der Waals surface area (Å²) in [4.78, 5) is 16.3. The summed E-state index contributed by atoms with van der Waals surface area (Å²) in [5.74, 6) is 0.797. The molecule has 1 heterocycles. The molecule has 2 aromatic carbocycles. The molecule has 0 bridgehead atoms. The number of hydrogen-bond donors (Lipinski definition) is 2. The normalized spacial score (nSPS) is 16.3. The van der Waals surface area contributed by atoms with Crippen LogP contribution in [0.2, 0.25) is 0 Å². The molecule has 5 nitrogen and oxygen atoms in total. The molecule has 132 valence electrons. The molecule has 1 atom stereocenters. The number of quaternary nitrogens is 1. The van der Waals surface area contributed by atoms with E-state index in [1.165, 1.54) is 10.6 Å². The van der Waals surface area contributed by atoms with Gasteiger partial charge in [0.1, 0.15) is 5.75 Å². The number of anilines is 2. The minimum atomic E-state index is -0.0795. The predicted molar refractivity (Wildman–Crippen MR) is 100 cm³/mol. The Hall–Kier alpha value is -2.53. The van der Waals surface area contributed by atoms with Gasteiger partial charge in [-0.25, -0.2) is 0 Å². The van der Waals surface area contributed by atoms with Gasteiger partial charge in [0, 0.05) is 17.4 Å². The molecule has 1 saturated heterocycles. The van der Waals surface area contributed by atoms with E-state index in [0.29, 0.717) is 0 Å². The zero-order valence-corrected chi connectivity index (χ0v) is 14.9. The van der Waals surface area contributed by atoms with Gasteiger partial charge in [-0.3, -0.25) is 4.79 Å². The highest BCUT2D eigenvalue weighted by molar-refractivity contribution is 5.93. The molecule has 2 N–H and O–H groups in total. The predicted octanol–water partition coefficient (Wildman–Crippen LogP) is 1.43. The molecular formula is C20H26N3O2+. The van der Waals surface area contributed by atoms with E-state index in [2.05, 4.69) is 34.5 Å². The number of methoxy groups -OCH3 is 1. The molecule has 0 unspecified atom stereocenters. The molecule has 0 aromatic heterocycles. The molecule has 2 aromatic rings. The van der Waals surface area contributed by atoms with E-state index in [1.807, 2.05) is 37.3 Å². The van der Waals surface area contributed by atoms with Gasteiger partial charge in [0.2, 0.25) is 0 Å². The summed E-state index contributed by atoms with van der Waals surface area (Å²) in [6.07, 6.45) is 0. The molecule has 1 aliphatic heterocycles. The maximum Gasteiger partial charge on any atom is 0.282 e. The molecule has 1 amide bonds. The lowest BCUT2D eigenvalue weighted by atomic mass is 10.2. The molecule has 1 fully saturated rings. The van der Waals surface area contributed by atoms with Crippen molar-refractivity contribution in [2.45, 2.75) is 13.0 Å². The van der Waals surface area contributed by atoms with Crippen molar-refractivity contribution in [3.63, 3.8) is 0 Å². The molecule has 5 heteroatoms. The van der Waals surface area contributed by atoms with Crippen LogP contribution in [0, 0.1) is 0 Å². The standard InChI is InChI=1S/C20H25N3O2/c1-16(20(24)21-17-7-6-10-19(15-17)25-2)22-11-13-23(14-12-22)18-8-4-3-5-9-18/h3-10,15-16H,11-14H2,1-2H3,(H,21,24)/p+1/t16-/m0/s1. The monoisotopic (exact) mass is 340 g/mol. The van der Waals surface area contributed by atoms with Crippen LogP contribution in [0.5, 0.6) is 5.75 Å². The van der Waals surface area contributed by atoms with Crippen LogP contribution in [0.4, 0.5) is 11.4 Å². The number of nitrogens with one attached hydrogen (secondary N) is 2. The van der Waals surface area contributed by atoms with E-state index in [9.17, 15) is 4.79 Å². The summed E-state index contributed by atoms with van der Waals surface area (Å²) >= 11 is 0. The SMILES string of the molecule is COc1cccc(NC(=O)[C@H](C)[NH+]2CCN(c3ccccc3)CC2)c1. The maximum atomic E-state index is 12.6. The molecule has 0 radical (unpaired) electrons. The Labute approximate surface area is 149 Å². The molecular weight excluding hydrogens is 314 g/mol. The van der Waals surface area contributed by atoms with Crippen LogP contribution in [-0.4, -0.2) is 45.2 Å². The number of benzene rings is 2. The first kappa shape index (κ1) is 17.3. The van der Waals surface area contributed by atoms with Crippen LogP contribution in [-0.2, 0) is 4.79 Å². The summed E-state index contributed by atoms with van der Waals surface area (Å²) in [5.41, 5.74) is 2.04. The van der Waals surface area contributed by atoms with Crippen LogP contribution in [0.3, 0.4) is 0 Å². The first-order valence-corrected chi connectivity index (χ1v) is 8.77. The lowest BCUT2D eigenvalue weighted by Gasteiger charge is -2.36. The van der Waals surface area contributed by atoms with Gasteiger partial charge < -0.3 is 19.9 Å². The van der Waals surface area contributed by atoms with Crippen molar-refractivity contribution in [1.29, 1.82) is 0 Å². The van der Waals surface area contributed by atoms with Gasteiger partial charge >= 0.3 is 0 Å². The van der Waals surface area contributed by atoms with Crippen LogP contribution < -0.4 is 19.9 Å². The summed E-state index contributed by atoms with van der Waals surface area (Å²) < 4.78 is 5.21. The third-order valence-electron chi connectivity index (χ3n) is 4.87. The van der Waals surface area contributed by atoms with Gasteiger partial charge in [0.15, 0.2) is 6.04 Å². The van der Waals surface area contributed by atoms with Crippen molar-refractivity contribution in [2.75, 3.05) is 43.5 Å². The highest BCUT2D eigenvalue weighted by Gasteiger charge is 2.29. The van der Waals surface area contributed by atoms with Crippen molar-refractivity contribution >= 4 is 17.3 Å². The smallest absolute Gasteiger partial charge is 0.282 e. The van der Waals surface area contributed by atoms with E-state index < -0.39 is 0 Å². The molecule has 1 aliphatic rings. The topological polar surface area (TPSA) is 46.0 Å². The first-order valence-electron chi connectivity index (χ1n) is 8.77. The van der Waals surface area contributed by atoms with Crippen LogP contribution in [0.15, 0.2) is 54.6 Å². The van der Waals surface area contributed by atoms with Crippen molar-refractivity contribution in [2.24, 2.45) is 0 Å². The number of para-hydroxylation sites is 1. The van der Waals surface area contributed by atoms with E-state index in [1.54, 1.807) is 7.11 Å². The highest BCUT2D eigenvalue weighted by atomic mass is 16.5. The zero-order valence-electron chi connectivity index (χ0n) is 14.9. The number of nitrogens with zero attached hydrogens (tertiary/aromatic N) is 1. The highest BCUT2D eigenvalue weighted by Crippen LogP contribution is 2.17. The molecule has 0 spiro atoms. The van der Waals surface area contributed by atoms with Crippen molar-refractivity contribution in [3.8, 4) is 5.75 Å². The summed E-state index contributed by atoms with van der Waals surface area (Å²) in [7, 11) is 1.62. The number of piperazine rings is 1. The zero-order chi connectivity index (χ0) is 17.6. The number of hydrogen-bond acceptors (Lipinski definition) is 3. The van der Waals surface area contributed by atoms with E-state index in [-0.39, 0.29) is 11.9 Å². The largest absolute Gasteiger partial charge is 0.497 e. The second kappa shape index (κ2) is 8.03. The Balaban J connectivity index is 1.54. The van der Waals surface area contributed by atoms with Gasteiger partial charge in [-0.2, -0.15) is 0 Å². The van der Waals surface area contributed by atoms with E-state index in [0.717, 1.165) is 37.6 Å². The maximum absolute atomic E-state index is 12.6. The second-order valence-corrected chi connectivity index (χ2v) is 6.42. The van der Waals surface area contributed by atoms with Crippen molar-refractivity contribution in [3.05, 3.63) is 54.6 Å². The Kier molecular flexibility index (Phi) is 5.56. The van der Waals surface area contributed by atoms with Gasteiger partial charge in [-0.15, -0.1) is 0 Å². The number of ether oxygens (including phenoxy) is 1. The van der Waals surface area contributed by atoms with Crippen LogP contribution in [0.1, 0.15) is 6.92 Å². The quantitative estimate of drug-likeness (QED) is 0.866. The third-order valence-corrected chi connectivity index (χ3v) is 4.87. The summed E-state index contributed by atoms with van der Waals surface area (Å²) in [5, 5.41) is 3.00. The number of amides is 1. The lowest BCUT2D eigenvalue weighted by molar-refractivity contribution is -0.914. The summed E-state index contributed by atoms with van der Waals surface area (Å²) in [6, 6.07) is 17.9.